The highest BCUT2D eigenvalue weighted by Crippen LogP contribution is 2.25. The maximum atomic E-state index is 12.5. The van der Waals surface area contributed by atoms with Crippen molar-refractivity contribution in [3.05, 3.63) is 24.3 Å². The first-order valence-electron chi connectivity index (χ1n) is 8.57. The molecule has 2 heterocycles. The summed E-state index contributed by atoms with van der Waals surface area (Å²) in [5, 5.41) is 9.21. The van der Waals surface area contributed by atoms with Crippen LogP contribution in [0, 0.1) is 0 Å². The van der Waals surface area contributed by atoms with Gasteiger partial charge in [0.15, 0.2) is 11.0 Å². The number of nitrogens with zero attached hydrogens (tertiary/aromatic N) is 4. The van der Waals surface area contributed by atoms with Gasteiger partial charge in [0, 0.05) is 25.7 Å². The summed E-state index contributed by atoms with van der Waals surface area (Å²) in [5.41, 5.74) is 0.954. The highest BCUT2D eigenvalue weighted by Gasteiger charge is 2.26. The summed E-state index contributed by atoms with van der Waals surface area (Å²) < 4.78 is 12.8. The van der Waals surface area contributed by atoms with E-state index in [1.165, 1.54) is 11.8 Å². The van der Waals surface area contributed by atoms with Crippen LogP contribution in [0.4, 0.5) is 0 Å². The predicted octanol–water partition coefficient (Wildman–Crippen LogP) is 2.22. The van der Waals surface area contributed by atoms with Crippen LogP contribution in [0.15, 0.2) is 29.4 Å². The van der Waals surface area contributed by atoms with Crippen molar-refractivity contribution in [2.45, 2.75) is 31.2 Å². The van der Waals surface area contributed by atoms with E-state index in [1.807, 2.05) is 54.6 Å². The van der Waals surface area contributed by atoms with Crippen molar-refractivity contribution < 1.29 is 14.3 Å². The topological polar surface area (TPSA) is 69.5 Å². The summed E-state index contributed by atoms with van der Waals surface area (Å²) >= 11 is 1.41. The molecule has 2 aromatic rings. The summed E-state index contributed by atoms with van der Waals surface area (Å²) in [6.07, 6.45) is 0.147. The second-order valence-electron chi connectivity index (χ2n) is 6.44. The standard InChI is InChI=1S/C18H24N4O3S/c1-12-9-22(10-13(2)25-12)16(23)11-26-18-20-19-17(21(18)3)14-5-7-15(24-4)8-6-14/h5-8,12-13H,9-11H2,1-4H3/t12-,13-/m0/s1. The minimum Gasteiger partial charge on any atom is -0.497 e. The van der Waals surface area contributed by atoms with Crippen molar-refractivity contribution in [2.24, 2.45) is 7.05 Å². The molecule has 2 atom stereocenters. The normalized spacial score (nSPS) is 20.2. The first-order valence-corrected chi connectivity index (χ1v) is 9.56. The molecule has 0 unspecified atom stereocenters. The Bertz CT molecular complexity index is 752. The van der Waals surface area contributed by atoms with Crippen molar-refractivity contribution in [3.8, 4) is 17.1 Å². The van der Waals surface area contributed by atoms with E-state index in [-0.39, 0.29) is 18.1 Å². The zero-order valence-electron chi connectivity index (χ0n) is 15.5. The third-order valence-corrected chi connectivity index (χ3v) is 5.29. The summed E-state index contributed by atoms with van der Waals surface area (Å²) in [5.74, 6) is 2.00. The molecule has 1 amide bonds. The number of hydrogen-bond acceptors (Lipinski definition) is 6. The average Bonchev–Trinajstić information content (AvgIpc) is 2.99. The first kappa shape index (κ1) is 18.7. The smallest absolute Gasteiger partial charge is 0.233 e. The number of aromatic nitrogens is 3. The maximum absolute atomic E-state index is 12.5. The van der Waals surface area contributed by atoms with Crippen LogP contribution >= 0.6 is 11.8 Å². The summed E-state index contributed by atoms with van der Waals surface area (Å²) in [6.45, 7) is 5.26. The molecule has 8 heteroatoms. The van der Waals surface area contributed by atoms with E-state index in [9.17, 15) is 4.79 Å². The second kappa shape index (κ2) is 8.09. The van der Waals surface area contributed by atoms with Crippen LogP contribution in [0.2, 0.25) is 0 Å². The van der Waals surface area contributed by atoms with E-state index in [2.05, 4.69) is 10.2 Å². The molecule has 1 aliphatic rings. The van der Waals surface area contributed by atoms with Crippen molar-refractivity contribution in [2.75, 3.05) is 26.0 Å². The number of ether oxygens (including phenoxy) is 2. The largest absolute Gasteiger partial charge is 0.497 e. The van der Waals surface area contributed by atoms with Crippen LogP contribution in [-0.4, -0.2) is 63.7 Å². The van der Waals surface area contributed by atoms with Crippen LogP contribution in [-0.2, 0) is 16.6 Å². The SMILES string of the molecule is COc1ccc(-c2nnc(SCC(=O)N3C[C@H](C)O[C@@H](C)C3)n2C)cc1. The molecule has 26 heavy (non-hydrogen) atoms. The number of methoxy groups -OCH3 is 1. The number of carbonyl (C=O) groups is 1. The summed E-state index contributed by atoms with van der Waals surface area (Å²) in [6, 6.07) is 7.67. The number of amides is 1. The van der Waals surface area contributed by atoms with Crippen LogP contribution in [0.1, 0.15) is 13.8 Å². The molecular formula is C18H24N4O3S. The molecule has 1 aromatic carbocycles. The third-order valence-electron chi connectivity index (χ3n) is 4.28. The monoisotopic (exact) mass is 376 g/mol. The molecule has 1 aliphatic heterocycles. The number of benzene rings is 1. The van der Waals surface area contributed by atoms with Crippen molar-refractivity contribution in [1.29, 1.82) is 0 Å². The van der Waals surface area contributed by atoms with Gasteiger partial charge in [0.1, 0.15) is 5.75 Å². The molecule has 0 radical (unpaired) electrons. The maximum Gasteiger partial charge on any atom is 0.233 e. The minimum atomic E-state index is 0.0733. The molecule has 3 rings (SSSR count). The fraction of sp³-hybridized carbons (Fsp3) is 0.500. The van der Waals surface area contributed by atoms with E-state index in [0.717, 1.165) is 22.3 Å². The van der Waals surface area contributed by atoms with Gasteiger partial charge in [0.2, 0.25) is 5.91 Å². The Morgan fingerprint density at radius 1 is 1.23 bits per heavy atom. The van der Waals surface area contributed by atoms with Gasteiger partial charge in [-0.3, -0.25) is 4.79 Å². The minimum absolute atomic E-state index is 0.0733. The lowest BCUT2D eigenvalue weighted by Gasteiger charge is -2.35. The molecule has 1 fully saturated rings. The zero-order chi connectivity index (χ0) is 18.7. The summed E-state index contributed by atoms with van der Waals surface area (Å²) in [4.78, 5) is 14.4. The van der Waals surface area contributed by atoms with Crippen molar-refractivity contribution in [3.63, 3.8) is 0 Å². The Morgan fingerprint density at radius 3 is 2.50 bits per heavy atom. The Balaban J connectivity index is 1.63. The van der Waals surface area contributed by atoms with Gasteiger partial charge in [0.25, 0.3) is 0 Å². The van der Waals surface area contributed by atoms with Crippen LogP contribution in [0.3, 0.4) is 0 Å². The van der Waals surface area contributed by atoms with E-state index >= 15 is 0 Å². The Morgan fingerprint density at radius 2 is 1.88 bits per heavy atom. The zero-order valence-corrected chi connectivity index (χ0v) is 16.3. The number of rotatable bonds is 5. The molecule has 7 nitrogen and oxygen atoms in total. The highest BCUT2D eigenvalue weighted by molar-refractivity contribution is 7.99. The molecule has 1 aromatic heterocycles. The van der Waals surface area contributed by atoms with Gasteiger partial charge in [-0.1, -0.05) is 11.8 Å². The van der Waals surface area contributed by atoms with E-state index < -0.39 is 0 Å². The fourth-order valence-corrected chi connectivity index (χ4v) is 3.84. The number of thioether (sulfide) groups is 1. The fourth-order valence-electron chi connectivity index (χ4n) is 3.03. The van der Waals surface area contributed by atoms with E-state index in [1.54, 1.807) is 7.11 Å². The lowest BCUT2D eigenvalue weighted by Crippen LogP contribution is -2.48. The molecule has 140 valence electrons. The van der Waals surface area contributed by atoms with Gasteiger partial charge in [-0.05, 0) is 38.1 Å². The number of carbonyl (C=O) groups excluding carboxylic acids is 1. The van der Waals surface area contributed by atoms with Gasteiger partial charge >= 0.3 is 0 Å². The van der Waals surface area contributed by atoms with Crippen LogP contribution in [0.5, 0.6) is 5.75 Å². The second-order valence-corrected chi connectivity index (χ2v) is 7.38. The van der Waals surface area contributed by atoms with Crippen LogP contribution < -0.4 is 4.74 Å². The number of morpholine rings is 1. The summed E-state index contributed by atoms with van der Waals surface area (Å²) in [7, 11) is 3.55. The van der Waals surface area contributed by atoms with E-state index in [4.69, 9.17) is 9.47 Å². The predicted molar refractivity (Wildman–Crippen MR) is 100 cm³/mol. The van der Waals surface area contributed by atoms with E-state index in [0.29, 0.717) is 18.8 Å². The Labute approximate surface area is 157 Å². The van der Waals surface area contributed by atoms with Gasteiger partial charge in [-0.2, -0.15) is 0 Å². The lowest BCUT2D eigenvalue weighted by atomic mass is 10.2. The van der Waals surface area contributed by atoms with Gasteiger partial charge in [-0.15, -0.1) is 10.2 Å². The average molecular weight is 376 g/mol. The lowest BCUT2D eigenvalue weighted by molar-refractivity contribution is -0.140. The molecule has 0 bridgehead atoms. The van der Waals surface area contributed by atoms with Crippen molar-refractivity contribution >= 4 is 17.7 Å². The number of hydrogen-bond donors (Lipinski definition) is 0. The molecule has 0 spiro atoms. The van der Waals surface area contributed by atoms with Gasteiger partial charge < -0.3 is 18.9 Å². The third kappa shape index (κ3) is 4.19. The first-order chi connectivity index (χ1) is 12.5. The highest BCUT2D eigenvalue weighted by atomic mass is 32.2. The molecular weight excluding hydrogens is 352 g/mol. The Hall–Kier alpha value is -2.06. The van der Waals surface area contributed by atoms with Crippen molar-refractivity contribution in [1.82, 2.24) is 19.7 Å². The molecule has 1 saturated heterocycles. The van der Waals surface area contributed by atoms with Crippen LogP contribution in [0.25, 0.3) is 11.4 Å². The quantitative estimate of drug-likeness (QED) is 0.746. The molecule has 0 N–H and O–H groups in total. The van der Waals surface area contributed by atoms with Gasteiger partial charge in [0.05, 0.1) is 25.1 Å². The van der Waals surface area contributed by atoms with Gasteiger partial charge in [-0.25, -0.2) is 0 Å². The molecule has 0 aliphatic carbocycles. The molecule has 0 saturated carbocycles. The Kier molecular flexibility index (Phi) is 5.83.